The number of amides is 1. The number of hydrogen-bond acceptors (Lipinski definition) is 6. The fourth-order valence-electron chi connectivity index (χ4n) is 1.19. The molecule has 0 aliphatic heterocycles. The van der Waals surface area contributed by atoms with Crippen molar-refractivity contribution in [2.45, 2.75) is 0 Å². The van der Waals surface area contributed by atoms with E-state index in [9.17, 15) is 14.9 Å². The van der Waals surface area contributed by atoms with Crippen molar-refractivity contribution in [1.82, 2.24) is 10.4 Å². The zero-order valence-corrected chi connectivity index (χ0v) is 7.21. The van der Waals surface area contributed by atoms with E-state index >= 15 is 0 Å². The Bertz CT molecular complexity index is 513. The molecule has 0 aliphatic rings. The van der Waals surface area contributed by atoms with Crippen LogP contribution in [-0.2, 0) is 0 Å². The molecule has 1 aromatic heterocycles. The zero-order chi connectivity index (χ0) is 11.0. The van der Waals surface area contributed by atoms with Crippen molar-refractivity contribution in [3.05, 3.63) is 27.8 Å². The SMILES string of the molecule is NC(=O)c1ccc([N+](=O)[O-])c2onnc12. The normalized spacial score (nSPS) is 10.4. The smallest absolute Gasteiger partial charge is 0.316 e. The van der Waals surface area contributed by atoms with Gasteiger partial charge in [-0.3, -0.25) is 14.9 Å². The fourth-order valence-corrected chi connectivity index (χ4v) is 1.19. The highest BCUT2D eigenvalue weighted by Gasteiger charge is 2.21. The first-order chi connectivity index (χ1) is 7.11. The average Bonchev–Trinajstić information content (AvgIpc) is 2.63. The Balaban J connectivity index is 2.82. The van der Waals surface area contributed by atoms with Crippen LogP contribution in [0.15, 0.2) is 16.7 Å². The number of nitrogens with zero attached hydrogens (tertiary/aromatic N) is 3. The summed E-state index contributed by atoms with van der Waals surface area (Å²) in [7, 11) is 0. The molecule has 2 rings (SSSR count). The number of nitro benzene ring substituents is 1. The first-order valence-corrected chi connectivity index (χ1v) is 3.80. The second-order valence-corrected chi connectivity index (χ2v) is 2.70. The second kappa shape index (κ2) is 3.01. The van der Waals surface area contributed by atoms with Gasteiger partial charge in [-0.25, -0.2) is 0 Å². The summed E-state index contributed by atoms with van der Waals surface area (Å²) >= 11 is 0. The summed E-state index contributed by atoms with van der Waals surface area (Å²) in [6, 6.07) is 2.34. The lowest BCUT2D eigenvalue weighted by Gasteiger charge is -1.95. The summed E-state index contributed by atoms with van der Waals surface area (Å²) < 4.78 is 4.59. The lowest BCUT2D eigenvalue weighted by atomic mass is 10.1. The number of nitro groups is 1. The van der Waals surface area contributed by atoms with Crippen LogP contribution in [0.2, 0.25) is 0 Å². The number of primary amides is 1. The van der Waals surface area contributed by atoms with E-state index in [0.29, 0.717) is 0 Å². The Morgan fingerprint density at radius 2 is 2.27 bits per heavy atom. The Kier molecular flexibility index (Phi) is 1.82. The van der Waals surface area contributed by atoms with E-state index in [1.165, 1.54) is 6.07 Å². The summed E-state index contributed by atoms with van der Waals surface area (Å²) in [5.74, 6) is -0.745. The maximum absolute atomic E-state index is 10.9. The van der Waals surface area contributed by atoms with E-state index in [2.05, 4.69) is 14.9 Å². The van der Waals surface area contributed by atoms with Crippen molar-refractivity contribution < 1.29 is 14.2 Å². The Morgan fingerprint density at radius 3 is 2.87 bits per heavy atom. The number of non-ortho nitro benzene ring substituents is 1. The van der Waals surface area contributed by atoms with Gasteiger partial charge in [-0.15, -0.1) is 5.10 Å². The Morgan fingerprint density at radius 1 is 1.53 bits per heavy atom. The molecule has 8 heteroatoms. The van der Waals surface area contributed by atoms with Gasteiger partial charge >= 0.3 is 5.69 Å². The van der Waals surface area contributed by atoms with Crippen LogP contribution in [0, 0.1) is 10.1 Å². The minimum Gasteiger partial charge on any atom is -0.366 e. The van der Waals surface area contributed by atoms with Crippen LogP contribution in [0.5, 0.6) is 0 Å². The predicted molar refractivity (Wildman–Crippen MR) is 47.0 cm³/mol. The minimum absolute atomic E-state index is 0.00306. The van der Waals surface area contributed by atoms with Crippen LogP contribution in [0.1, 0.15) is 10.4 Å². The third-order valence-corrected chi connectivity index (χ3v) is 1.85. The van der Waals surface area contributed by atoms with Gasteiger partial charge in [0.2, 0.25) is 0 Å². The molecule has 0 spiro atoms. The number of carbonyl (C=O) groups excluding carboxylic acids is 1. The van der Waals surface area contributed by atoms with E-state index < -0.39 is 10.8 Å². The average molecular weight is 208 g/mol. The zero-order valence-electron chi connectivity index (χ0n) is 7.21. The number of aromatic nitrogens is 2. The lowest BCUT2D eigenvalue weighted by Crippen LogP contribution is -2.11. The predicted octanol–water partition coefficient (Wildman–Crippen LogP) is 0.230. The third kappa shape index (κ3) is 1.27. The van der Waals surface area contributed by atoms with Gasteiger partial charge in [0.15, 0.2) is 5.52 Å². The molecule has 0 atom stereocenters. The van der Waals surface area contributed by atoms with Crippen molar-refractivity contribution in [1.29, 1.82) is 0 Å². The van der Waals surface area contributed by atoms with Gasteiger partial charge in [0.05, 0.1) is 10.5 Å². The molecule has 2 aromatic rings. The van der Waals surface area contributed by atoms with E-state index in [-0.39, 0.29) is 22.4 Å². The highest BCUT2D eigenvalue weighted by molar-refractivity contribution is 6.05. The highest BCUT2D eigenvalue weighted by atomic mass is 16.6. The highest BCUT2D eigenvalue weighted by Crippen LogP contribution is 2.26. The van der Waals surface area contributed by atoms with Gasteiger partial charge in [-0.05, 0) is 6.07 Å². The van der Waals surface area contributed by atoms with Crippen molar-refractivity contribution in [2.24, 2.45) is 5.73 Å². The fraction of sp³-hybridized carbons (Fsp3) is 0. The summed E-state index contributed by atoms with van der Waals surface area (Å²) in [6.07, 6.45) is 0. The summed E-state index contributed by atoms with van der Waals surface area (Å²) in [6.45, 7) is 0. The van der Waals surface area contributed by atoms with Crippen LogP contribution >= 0.6 is 0 Å². The van der Waals surface area contributed by atoms with Crippen LogP contribution in [-0.4, -0.2) is 21.2 Å². The van der Waals surface area contributed by atoms with Gasteiger partial charge < -0.3 is 10.3 Å². The van der Waals surface area contributed by atoms with Crippen molar-refractivity contribution in [3.63, 3.8) is 0 Å². The summed E-state index contributed by atoms with van der Waals surface area (Å²) in [5, 5.41) is 17.2. The lowest BCUT2D eigenvalue weighted by molar-refractivity contribution is -0.383. The van der Waals surface area contributed by atoms with Crippen LogP contribution in [0.3, 0.4) is 0 Å². The van der Waals surface area contributed by atoms with Crippen molar-refractivity contribution in [2.75, 3.05) is 0 Å². The monoisotopic (exact) mass is 208 g/mol. The molecular formula is C7H4N4O4. The largest absolute Gasteiger partial charge is 0.366 e. The third-order valence-electron chi connectivity index (χ3n) is 1.85. The number of fused-ring (bicyclic) bond motifs is 1. The van der Waals surface area contributed by atoms with Gasteiger partial charge in [0.25, 0.3) is 11.5 Å². The molecule has 1 heterocycles. The molecule has 0 unspecified atom stereocenters. The molecule has 0 fully saturated rings. The van der Waals surface area contributed by atoms with Crippen LogP contribution < -0.4 is 5.73 Å². The second-order valence-electron chi connectivity index (χ2n) is 2.70. The van der Waals surface area contributed by atoms with Gasteiger partial charge in [-0.1, -0.05) is 0 Å². The molecule has 1 aromatic carbocycles. The molecule has 0 saturated heterocycles. The number of nitrogens with two attached hydrogens (primary N) is 1. The van der Waals surface area contributed by atoms with Gasteiger partial charge in [0.1, 0.15) is 0 Å². The molecule has 76 valence electrons. The summed E-state index contributed by atoms with van der Waals surface area (Å²) in [4.78, 5) is 20.9. The summed E-state index contributed by atoms with van der Waals surface area (Å²) in [5.41, 5.74) is 4.62. The molecule has 8 nitrogen and oxygen atoms in total. The first kappa shape index (κ1) is 9.06. The number of carbonyl (C=O) groups is 1. The quantitative estimate of drug-likeness (QED) is 0.556. The molecule has 0 bridgehead atoms. The molecule has 2 N–H and O–H groups in total. The number of hydrogen-bond donors (Lipinski definition) is 1. The van der Waals surface area contributed by atoms with Gasteiger partial charge in [0, 0.05) is 11.3 Å². The molecule has 0 saturated carbocycles. The number of benzene rings is 1. The van der Waals surface area contributed by atoms with Crippen LogP contribution in [0.4, 0.5) is 5.69 Å². The Labute approximate surface area is 81.8 Å². The molecule has 0 aliphatic carbocycles. The van der Waals surface area contributed by atoms with E-state index in [1.54, 1.807) is 0 Å². The molecule has 15 heavy (non-hydrogen) atoms. The number of rotatable bonds is 2. The maximum atomic E-state index is 10.9. The minimum atomic E-state index is -0.745. The van der Waals surface area contributed by atoms with E-state index in [1.807, 2.05) is 0 Å². The molecule has 0 radical (unpaired) electrons. The van der Waals surface area contributed by atoms with Gasteiger partial charge in [-0.2, -0.15) is 0 Å². The van der Waals surface area contributed by atoms with E-state index in [4.69, 9.17) is 5.73 Å². The molecule has 1 amide bonds. The maximum Gasteiger partial charge on any atom is 0.316 e. The van der Waals surface area contributed by atoms with Crippen LogP contribution in [0.25, 0.3) is 11.1 Å². The standard InChI is InChI=1S/C7H4N4O4/c8-7(12)3-1-2-4(11(13)14)6-5(3)9-10-15-6/h1-2H,(H2,8,12). The van der Waals surface area contributed by atoms with Crippen molar-refractivity contribution >= 4 is 22.7 Å². The molecular weight excluding hydrogens is 204 g/mol. The topological polar surface area (TPSA) is 125 Å². The van der Waals surface area contributed by atoms with E-state index in [0.717, 1.165) is 6.07 Å². The van der Waals surface area contributed by atoms with Crippen molar-refractivity contribution in [3.8, 4) is 0 Å². The Hall–Kier alpha value is -2.51. The first-order valence-electron chi connectivity index (χ1n) is 3.80.